The van der Waals surface area contributed by atoms with Crippen LogP contribution in [0, 0.1) is 0 Å². The van der Waals surface area contributed by atoms with Gasteiger partial charge in [-0.05, 0) is 48.9 Å². The zero-order valence-corrected chi connectivity index (χ0v) is 32.2. The minimum atomic E-state index is -1.20. The Bertz CT molecular complexity index is 1930. The predicted molar refractivity (Wildman–Crippen MR) is 219 cm³/mol. The van der Waals surface area contributed by atoms with Crippen molar-refractivity contribution in [3.05, 3.63) is 83.4 Å². The van der Waals surface area contributed by atoms with E-state index in [4.69, 9.17) is 0 Å². The van der Waals surface area contributed by atoms with Gasteiger partial charge in [0.15, 0.2) is 0 Å². The first kappa shape index (κ1) is 42.3. The third kappa shape index (κ3) is 12.8. The molecule has 294 valence electrons. The fourth-order valence-electron chi connectivity index (χ4n) is 6.75. The number of carbonyl (C=O) groups excluding carboxylic acids is 1. The van der Waals surface area contributed by atoms with Gasteiger partial charge < -0.3 is 30.6 Å². The molecule has 0 aromatic heterocycles. The number of nitrogens with one attached hydrogen (secondary N) is 1. The van der Waals surface area contributed by atoms with Gasteiger partial charge in [0.1, 0.15) is 17.2 Å². The van der Waals surface area contributed by atoms with Crippen LogP contribution in [0.3, 0.4) is 0 Å². The molecule has 0 aliphatic carbocycles. The van der Waals surface area contributed by atoms with Crippen molar-refractivity contribution in [3.8, 4) is 11.5 Å². The van der Waals surface area contributed by atoms with E-state index in [2.05, 4.69) is 22.5 Å². The molecule has 0 atom stereocenters. The van der Waals surface area contributed by atoms with Gasteiger partial charge in [-0.25, -0.2) is 9.59 Å². The van der Waals surface area contributed by atoms with E-state index in [1.165, 1.54) is 120 Å². The lowest BCUT2D eigenvalue weighted by atomic mass is 10.0. The number of hydrogen-bond donors (Lipinski definition) is 5. The molecule has 5 N–H and O–H groups in total. The topological polar surface area (TPSA) is 172 Å². The minimum absolute atomic E-state index is 0.00418. The summed E-state index contributed by atoms with van der Waals surface area (Å²) in [7, 11) is 1.90. The Morgan fingerprint density at radius 3 is 1.71 bits per heavy atom. The summed E-state index contributed by atoms with van der Waals surface area (Å²) in [6.07, 6.45) is 20.5. The highest BCUT2D eigenvalue weighted by molar-refractivity contribution is 6.13. The van der Waals surface area contributed by atoms with E-state index in [-0.39, 0.29) is 45.3 Å². The van der Waals surface area contributed by atoms with Crippen molar-refractivity contribution in [1.82, 2.24) is 0 Å². The molecular formula is C44H56N4O7. The van der Waals surface area contributed by atoms with Crippen molar-refractivity contribution in [2.45, 2.75) is 110 Å². The number of aromatic hydroxyl groups is 2. The lowest BCUT2D eigenvalue weighted by Gasteiger charge is -2.23. The molecule has 0 unspecified atom stereocenters. The average molecular weight is 753 g/mol. The number of aromatic carboxylic acids is 2. The maximum Gasteiger partial charge on any atom is 0.335 e. The van der Waals surface area contributed by atoms with Gasteiger partial charge in [0, 0.05) is 24.4 Å². The molecule has 0 heterocycles. The quantitative estimate of drug-likeness (QED) is 0.0347. The molecule has 4 aromatic rings. The molecule has 11 nitrogen and oxygen atoms in total. The number of amides is 1. The molecule has 11 heteroatoms. The van der Waals surface area contributed by atoms with Crippen molar-refractivity contribution in [1.29, 1.82) is 0 Å². The van der Waals surface area contributed by atoms with Gasteiger partial charge in [-0.3, -0.25) is 4.79 Å². The first-order valence-corrected chi connectivity index (χ1v) is 19.7. The molecule has 0 aliphatic rings. The highest BCUT2D eigenvalue weighted by Crippen LogP contribution is 2.39. The second-order valence-corrected chi connectivity index (χ2v) is 14.3. The molecule has 4 rings (SSSR count). The number of carboxylic acids is 2. The first-order chi connectivity index (χ1) is 26.6. The Kier molecular flexibility index (Phi) is 17.0. The Morgan fingerprint density at radius 2 is 1.13 bits per heavy atom. The van der Waals surface area contributed by atoms with E-state index in [9.17, 15) is 34.8 Å². The Labute approximate surface area is 324 Å². The number of unbranched alkanes of at least 4 members (excludes halogenated alkanes) is 15. The maximum absolute atomic E-state index is 13.8. The predicted octanol–water partition coefficient (Wildman–Crippen LogP) is 12.0. The van der Waals surface area contributed by atoms with E-state index < -0.39 is 17.8 Å². The highest BCUT2D eigenvalue weighted by atomic mass is 16.4. The second kappa shape index (κ2) is 22.1. The van der Waals surface area contributed by atoms with Crippen molar-refractivity contribution in [2.24, 2.45) is 10.2 Å². The van der Waals surface area contributed by atoms with Gasteiger partial charge in [0.05, 0.1) is 33.8 Å². The van der Waals surface area contributed by atoms with E-state index in [1.54, 1.807) is 30.3 Å². The number of phenolic OH excluding ortho intramolecular Hbond substituents is 2. The Balaban J connectivity index is 1.37. The van der Waals surface area contributed by atoms with Crippen LogP contribution in [0.4, 0.5) is 22.7 Å². The number of hydrogen-bond acceptors (Lipinski definition) is 8. The largest absolute Gasteiger partial charge is 0.506 e. The summed E-state index contributed by atoms with van der Waals surface area (Å²) in [6.45, 7) is 2.96. The summed E-state index contributed by atoms with van der Waals surface area (Å²) in [6, 6.07) is 16.2. The zero-order valence-electron chi connectivity index (χ0n) is 32.2. The van der Waals surface area contributed by atoms with E-state index in [1.807, 2.05) is 11.9 Å². The molecule has 55 heavy (non-hydrogen) atoms. The van der Waals surface area contributed by atoms with Gasteiger partial charge in [-0.15, -0.1) is 10.2 Å². The number of fused-ring (bicyclic) bond motifs is 1. The summed E-state index contributed by atoms with van der Waals surface area (Å²) in [5.41, 5.74) is 0.757. The number of azo groups is 1. The van der Waals surface area contributed by atoms with Crippen LogP contribution < -0.4 is 10.2 Å². The van der Waals surface area contributed by atoms with Crippen LogP contribution in [-0.4, -0.2) is 51.9 Å². The lowest BCUT2D eigenvalue weighted by Crippen LogP contribution is -2.22. The summed E-state index contributed by atoms with van der Waals surface area (Å²) >= 11 is 0. The summed E-state index contributed by atoms with van der Waals surface area (Å²) < 4.78 is 0. The van der Waals surface area contributed by atoms with Crippen molar-refractivity contribution in [3.63, 3.8) is 0 Å². The Morgan fingerprint density at radius 1 is 0.618 bits per heavy atom. The zero-order chi connectivity index (χ0) is 39.6. The van der Waals surface area contributed by atoms with Gasteiger partial charge in [-0.1, -0.05) is 128 Å². The van der Waals surface area contributed by atoms with Crippen LogP contribution in [-0.2, 0) is 0 Å². The first-order valence-electron chi connectivity index (χ1n) is 19.7. The summed E-state index contributed by atoms with van der Waals surface area (Å²) in [5, 5.41) is 52.5. The van der Waals surface area contributed by atoms with E-state index in [0.29, 0.717) is 23.0 Å². The number of nitrogens with zero attached hydrogens (tertiary/aromatic N) is 3. The van der Waals surface area contributed by atoms with Crippen LogP contribution in [0.25, 0.3) is 10.8 Å². The van der Waals surface area contributed by atoms with Crippen LogP contribution >= 0.6 is 0 Å². The number of anilines is 2. The van der Waals surface area contributed by atoms with E-state index in [0.717, 1.165) is 19.3 Å². The van der Waals surface area contributed by atoms with Crippen molar-refractivity contribution < 1.29 is 34.8 Å². The Hall–Kier alpha value is -5.45. The molecule has 0 radical (unpaired) electrons. The third-order valence-corrected chi connectivity index (χ3v) is 9.98. The van der Waals surface area contributed by atoms with Crippen LogP contribution in [0.1, 0.15) is 141 Å². The highest BCUT2D eigenvalue weighted by Gasteiger charge is 2.21. The molecule has 0 bridgehead atoms. The van der Waals surface area contributed by atoms with Gasteiger partial charge in [0.2, 0.25) is 0 Å². The van der Waals surface area contributed by atoms with Crippen LogP contribution in [0.15, 0.2) is 77.0 Å². The SMILES string of the molecule is CCCCCCCCCCCCCCCCCCN(C)c1ccc(C(=O)O)cc1NC(=O)c1cc(/N=N/c2cc(C(=O)O)ccc2O)c2ccccc2c1O. The number of carbonyl (C=O) groups is 3. The van der Waals surface area contributed by atoms with Gasteiger partial charge in [-0.2, -0.15) is 0 Å². The van der Waals surface area contributed by atoms with Gasteiger partial charge >= 0.3 is 11.9 Å². The van der Waals surface area contributed by atoms with Crippen LogP contribution in [0.5, 0.6) is 11.5 Å². The molecule has 0 spiro atoms. The number of benzene rings is 4. The molecule has 1 amide bonds. The fraction of sp³-hybridized carbons (Fsp3) is 0.432. The van der Waals surface area contributed by atoms with Crippen LogP contribution in [0.2, 0.25) is 0 Å². The molecule has 0 saturated heterocycles. The summed E-state index contributed by atoms with van der Waals surface area (Å²) in [4.78, 5) is 39.2. The number of phenols is 2. The third-order valence-electron chi connectivity index (χ3n) is 9.98. The average Bonchev–Trinajstić information content (AvgIpc) is 3.17. The van der Waals surface area contributed by atoms with Crippen molar-refractivity contribution in [2.75, 3.05) is 23.8 Å². The molecule has 4 aromatic carbocycles. The fourth-order valence-corrected chi connectivity index (χ4v) is 6.75. The molecule has 0 aliphatic heterocycles. The van der Waals surface area contributed by atoms with Crippen molar-refractivity contribution >= 4 is 51.4 Å². The number of rotatable bonds is 24. The lowest BCUT2D eigenvalue weighted by molar-refractivity contribution is 0.0686. The monoisotopic (exact) mass is 752 g/mol. The normalized spacial score (nSPS) is 11.3. The maximum atomic E-state index is 13.8. The van der Waals surface area contributed by atoms with Gasteiger partial charge in [0.25, 0.3) is 5.91 Å². The minimum Gasteiger partial charge on any atom is -0.506 e. The molecular weight excluding hydrogens is 697 g/mol. The second-order valence-electron chi connectivity index (χ2n) is 14.3. The molecule has 0 saturated carbocycles. The number of carboxylic acid groups (broad SMARTS) is 2. The molecule has 0 fully saturated rings. The standard InChI is InChI=1S/C44H56N4O7/c1-3-4-5-6-7-8-9-10-11-12-13-14-15-16-17-20-27-48(2)39-25-23-31(43(52)53)28-37(39)45-42(51)35-30-36(33-21-18-19-22-34(33)41(35)50)46-47-38-29-32(44(54)55)24-26-40(38)49/h18-19,21-26,28-30,49-50H,3-17,20,27H2,1-2H3,(H,45,51)(H,52,53)(H,54,55)/b47-46+. The van der Waals surface area contributed by atoms with E-state index >= 15 is 0 Å². The smallest absolute Gasteiger partial charge is 0.335 e. The summed E-state index contributed by atoms with van der Waals surface area (Å²) in [5.74, 6) is -3.64.